The quantitative estimate of drug-likeness (QED) is 0.294. The standard InChI is InChI=1S/C29H35F3O4/c1-7-26(5)15-21(33)27(6)17(3)12-13-28(14-16(2)22(34)23(27)28)18(4)24(26)36-25(35)19-8-10-20(11-9-19)29(30,31)32/h7-11,17-18,21,23-24,33H,1-2,12-15H2,3-6H3/t17-,18+,21-,23+,24+,26-,27+,28+/m1/s1. The molecule has 36 heavy (non-hydrogen) atoms. The third-order valence-electron chi connectivity index (χ3n) is 9.97. The van der Waals surface area contributed by atoms with E-state index in [0.29, 0.717) is 12.0 Å². The SMILES string of the molecule is C=C[C@]1(C)C[C@@H](O)[C@]2(C)[C@H](C)CC[C@]3(CC(=C)C(=O)[C@H]32)[C@@H](C)[C@@H]1OC(=O)c1ccc(C(F)(F)F)cc1. The van der Waals surface area contributed by atoms with Gasteiger partial charge in [-0.3, -0.25) is 4.79 Å². The Kier molecular flexibility index (Phi) is 6.35. The predicted octanol–water partition coefficient (Wildman–Crippen LogP) is 6.39. The molecule has 0 heterocycles. The Hall–Kier alpha value is -2.41. The molecule has 3 aliphatic carbocycles. The van der Waals surface area contributed by atoms with Gasteiger partial charge in [0.25, 0.3) is 0 Å². The molecule has 8 atom stereocenters. The predicted molar refractivity (Wildman–Crippen MR) is 130 cm³/mol. The van der Waals surface area contributed by atoms with E-state index in [0.717, 1.165) is 37.1 Å². The van der Waals surface area contributed by atoms with Crippen LogP contribution in [0.15, 0.2) is 49.1 Å². The number of benzene rings is 1. The van der Waals surface area contributed by atoms with Crippen LogP contribution < -0.4 is 0 Å². The first kappa shape index (κ1) is 26.6. The fourth-order valence-electron chi connectivity index (χ4n) is 7.48. The van der Waals surface area contributed by atoms with Crippen molar-refractivity contribution in [1.29, 1.82) is 0 Å². The molecule has 0 radical (unpaired) electrons. The molecule has 0 amide bonds. The van der Waals surface area contributed by atoms with E-state index in [4.69, 9.17) is 4.74 Å². The summed E-state index contributed by atoms with van der Waals surface area (Å²) in [7, 11) is 0. The number of Topliss-reactive ketones (excluding diaryl/α,β-unsaturated/α-hetero) is 1. The van der Waals surface area contributed by atoms with Gasteiger partial charge < -0.3 is 9.84 Å². The lowest BCUT2D eigenvalue weighted by Gasteiger charge is -2.61. The fourth-order valence-corrected chi connectivity index (χ4v) is 7.48. The van der Waals surface area contributed by atoms with Crippen molar-refractivity contribution in [3.63, 3.8) is 0 Å². The van der Waals surface area contributed by atoms with Gasteiger partial charge in [0.2, 0.25) is 0 Å². The highest BCUT2D eigenvalue weighted by molar-refractivity contribution is 6.00. The van der Waals surface area contributed by atoms with Gasteiger partial charge >= 0.3 is 12.1 Å². The Balaban J connectivity index is 1.78. The van der Waals surface area contributed by atoms with Crippen molar-refractivity contribution in [2.75, 3.05) is 0 Å². The number of ether oxygens (including phenoxy) is 1. The van der Waals surface area contributed by atoms with Gasteiger partial charge in [0.05, 0.1) is 17.2 Å². The summed E-state index contributed by atoms with van der Waals surface area (Å²) in [4.78, 5) is 26.7. The summed E-state index contributed by atoms with van der Waals surface area (Å²) in [5.74, 6) is -1.40. The molecule has 0 saturated heterocycles. The number of rotatable bonds is 3. The second-order valence-corrected chi connectivity index (χ2v) is 11.7. The van der Waals surface area contributed by atoms with Crippen LogP contribution in [-0.4, -0.2) is 29.1 Å². The van der Waals surface area contributed by atoms with Crippen LogP contribution in [0, 0.1) is 34.0 Å². The van der Waals surface area contributed by atoms with Crippen LogP contribution in [0.3, 0.4) is 0 Å². The summed E-state index contributed by atoms with van der Waals surface area (Å²) in [6.07, 6.45) is -2.16. The van der Waals surface area contributed by atoms with E-state index in [2.05, 4.69) is 20.1 Å². The molecule has 4 rings (SSSR count). The zero-order valence-corrected chi connectivity index (χ0v) is 21.3. The minimum Gasteiger partial charge on any atom is -0.458 e. The smallest absolute Gasteiger partial charge is 0.416 e. The largest absolute Gasteiger partial charge is 0.458 e. The van der Waals surface area contributed by atoms with Gasteiger partial charge in [-0.05, 0) is 66.9 Å². The first-order valence-corrected chi connectivity index (χ1v) is 12.5. The van der Waals surface area contributed by atoms with Crippen molar-refractivity contribution >= 4 is 11.8 Å². The molecule has 1 aromatic rings. The molecule has 196 valence electrons. The summed E-state index contributed by atoms with van der Waals surface area (Å²) >= 11 is 0. The minimum atomic E-state index is -4.51. The highest BCUT2D eigenvalue weighted by Gasteiger charge is 2.68. The molecule has 0 aliphatic heterocycles. The van der Waals surface area contributed by atoms with Crippen LogP contribution in [0.5, 0.6) is 0 Å². The number of aliphatic hydroxyl groups excluding tert-OH is 1. The summed E-state index contributed by atoms with van der Waals surface area (Å²) in [6.45, 7) is 16.0. The van der Waals surface area contributed by atoms with Crippen molar-refractivity contribution in [2.45, 2.75) is 71.8 Å². The van der Waals surface area contributed by atoms with Gasteiger partial charge in [0.1, 0.15) is 6.10 Å². The summed E-state index contributed by atoms with van der Waals surface area (Å²) in [5, 5.41) is 11.7. The van der Waals surface area contributed by atoms with Crippen LogP contribution >= 0.6 is 0 Å². The molecule has 0 spiro atoms. The Morgan fingerprint density at radius 2 is 1.81 bits per heavy atom. The average molecular weight is 505 g/mol. The zero-order valence-electron chi connectivity index (χ0n) is 21.3. The molecule has 3 saturated carbocycles. The van der Waals surface area contributed by atoms with Crippen LogP contribution in [0.2, 0.25) is 0 Å². The third-order valence-corrected chi connectivity index (χ3v) is 9.97. The van der Waals surface area contributed by atoms with E-state index in [9.17, 15) is 27.9 Å². The van der Waals surface area contributed by atoms with Crippen molar-refractivity contribution in [3.05, 3.63) is 60.2 Å². The summed E-state index contributed by atoms with van der Waals surface area (Å²) < 4.78 is 45.1. The van der Waals surface area contributed by atoms with Crippen molar-refractivity contribution in [1.82, 2.24) is 0 Å². The number of aliphatic hydroxyl groups is 1. The van der Waals surface area contributed by atoms with Gasteiger partial charge in [-0.2, -0.15) is 13.2 Å². The maximum Gasteiger partial charge on any atom is 0.416 e. The molecule has 0 aromatic heterocycles. The highest BCUT2D eigenvalue weighted by Crippen LogP contribution is 2.68. The monoisotopic (exact) mass is 504 g/mol. The van der Waals surface area contributed by atoms with E-state index < -0.39 is 52.1 Å². The van der Waals surface area contributed by atoms with Gasteiger partial charge in [-0.1, -0.05) is 40.3 Å². The average Bonchev–Trinajstić information content (AvgIpc) is 3.09. The number of ketones is 1. The number of esters is 1. The van der Waals surface area contributed by atoms with Crippen LogP contribution in [-0.2, 0) is 15.7 Å². The number of allylic oxidation sites excluding steroid dienone is 1. The Morgan fingerprint density at radius 3 is 2.36 bits per heavy atom. The molecule has 4 nitrogen and oxygen atoms in total. The Morgan fingerprint density at radius 1 is 1.19 bits per heavy atom. The number of carbonyl (C=O) groups is 2. The Labute approximate surface area is 210 Å². The Bertz CT molecular complexity index is 1090. The van der Waals surface area contributed by atoms with Crippen molar-refractivity contribution in [3.8, 4) is 0 Å². The maximum atomic E-state index is 13.5. The normalized spacial score (nSPS) is 40.7. The number of hydrogen-bond acceptors (Lipinski definition) is 4. The molecular formula is C29H35F3O4. The topological polar surface area (TPSA) is 63.6 Å². The lowest BCUT2D eigenvalue weighted by Crippen LogP contribution is -2.62. The molecule has 7 heteroatoms. The minimum absolute atomic E-state index is 0.00674. The van der Waals surface area contributed by atoms with E-state index >= 15 is 0 Å². The van der Waals surface area contributed by atoms with Gasteiger partial charge in [-0.25, -0.2) is 4.79 Å². The number of hydrogen-bond donors (Lipinski definition) is 1. The van der Waals surface area contributed by atoms with Crippen LogP contribution in [0.25, 0.3) is 0 Å². The van der Waals surface area contributed by atoms with Crippen LogP contribution in [0.4, 0.5) is 13.2 Å². The second kappa shape index (κ2) is 8.57. The van der Waals surface area contributed by atoms with E-state index in [-0.39, 0.29) is 29.6 Å². The highest BCUT2D eigenvalue weighted by atomic mass is 19.4. The second-order valence-electron chi connectivity index (χ2n) is 11.7. The summed E-state index contributed by atoms with van der Waals surface area (Å²) in [6, 6.07) is 3.94. The molecule has 1 aromatic carbocycles. The molecule has 0 unspecified atom stereocenters. The lowest BCUT2D eigenvalue weighted by atomic mass is 9.44. The lowest BCUT2D eigenvalue weighted by molar-refractivity contribution is -0.191. The van der Waals surface area contributed by atoms with E-state index in [1.165, 1.54) is 0 Å². The number of halogens is 3. The maximum absolute atomic E-state index is 13.5. The van der Waals surface area contributed by atoms with Crippen LogP contribution in [0.1, 0.15) is 69.3 Å². The molecule has 2 bridgehead atoms. The van der Waals surface area contributed by atoms with E-state index in [1.54, 1.807) is 6.08 Å². The number of carbonyl (C=O) groups excluding carboxylic acids is 2. The van der Waals surface area contributed by atoms with Gasteiger partial charge in [-0.15, -0.1) is 6.58 Å². The van der Waals surface area contributed by atoms with Gasteiger partial charge in [0.15, 0.2) is 5.78 Å². The summed E-state index contributed by atoms with van der Waals surface area (Å²) in [5.41, 5.74) is -2.36. The van der Waals surface area contributed by atoms with Crippen molar-refractivity contribution in [2.24, 2.45) is 34.0 Å². The third kappa shape index (κ3) is 3.77. The number of alkyl halides is 3. The van der Waals surface area contributed by atoms with Gasteiger partial charge in [0, 0.05) is 22.7 Å². The molecular weight excluding hydrogens is 469 g/mol. The first-order valence-electron chi connectivity index (χ1n) is 12.5. The zero-order chi connectivity index (χ0) is 26.8. The molecule has 1 N–H and O–H groups in total. The first-order chi connectivity index (χ1) is 16.6. The molecule has 3 aliphatic rings. The van der Waals surface area contributed by atoms with Crippen molar-refractivity contribution < 1.29 is 32.6 Å². The molecule has 3 fully saturated rings. The van der Waals surface area contributed by atoms with E-state index in [1.807, 2.05) is 20.8 Å². The fraction of sp³-hybridized carbons (Fsp3) is 0.586.